The Hall–Kier alpha value is 0.160. The van der Waals surface area contributed by atoms with E-state index in [2.05, 4.69) is 15.9 Å². The van der Waals surface area contributed by atoms with Crippen molar-refractivity contribution < 1.29 is 124 Å². The first-order chi connectivity index (χ1) is 19.5. The Balaban J connectivity index is 0. The van der Waals surface area contributed by atoms with Crippen LogP contribution < -0.4 is 70.6 Å². The van der Waals surface area contributed by atoms with Gasteiger partial charge in [0, 0.05) is 15.1 Å². The minimum Gasteiger partial charge on any atom is -0.744 e. The third-order valence-electron chi connectivity index (χ3n) is 4.39. The maximum atomic E-state index is 10.8. The van der Waals surface area contributed by atoms with Crippen LogP contribution in [-0.4, -0.2) is 64.9 Å². The first-order valence-corrected chi connectivity index (χ1v) is 19.0. The maximum absolute atomic E-state index is 10.8. The Morgan fingerprint density at radius 2 is 0.826 bits per heavy atom. The molecular formula is C18H14BrCl3N2Na2O15S5. The number of hydrogen-bond acceptors (Lipinski definition) is 14. The van der Waals surface area contributed by atoms with Crippen molar-refractivity contribution in [3.8, 4) is 0 Å². The number of hydrogen-bond donors (Lipinski definition) is 5. The van der Waals surface area contributed by atoms with Crippen LogP contribution >= 0.6 is 50.7 Å². The van der Waals surface area contributed by atoms with Crippen LogP contribution in [0, 0.1) is 0 Å². The van der Waals surface area contributed by atoms with Gasteiger partial charge in [-0.3, -0.25) is 13.7 Å². The van der Waals surface area contributed by atoms with Crippen LogP contribution in [0.25, 0.3) is 0 Å². The normalized spacial score (nSPS) is 11.8. The van der Waals surface area contributed by atoms with Crippen LogP contribution in [0.4, 0.5) is 11.4 Å². The van der Waals surface area contributed by atoms with Gasteiger partial charge < -0.3 is 20.6 Å². The van der Waals surface area contributed by atoms with Crippen LogP contribution in [0.5, 0.6) is 0 Å². The number of benzene rings is 3. The smallest absolute Gasteiger partial charge is 0.744 e. The second-order valence-corrected chi connectivity index (χ2v) is 16.5. The van der Waals surface area contributed by atoms with E-state index < -0.39 is 80.3 Å². The molecule has 0 heterocycles. The summed E-state index contributed by atoms with van der Waals surface area (Å²) in [7, 11) is -23.6. The van der Waals surface area contributed by atoms with Gasteiger partial charge in [0.1, 0.15) is 34.9 Å². The predicted octanol–water partition coefficient (Wildman–Crippen LogP) is -3.50. The second-order valence-electron chi connectivity index (χ2n) is 7.55. The molecule has 17 nitrogen and oxygen atoms in total. The summed E-state index contributed by atoms with van der Waals surface area (Å²) in [4.78, 5) is -3.92. The fourth-order valence-electron chi connectivity index (χ4n) is 2.63. The number of rotatable bonds is 5. The summed E-state index contributed by atoms with van der Waals surface area (Å²) in [5, 5.41) is -0.446. The molecule has 0 atom stereocenters. The largest absolute Gasteiger partial charge is 1.00 e. The molecule has 0 spiro atoms. The van der Waals surface area contributed by atoms with Crippen molar-refractivity contribution in [2.75, 3.05) is 11.5 Å². The topological polar surface area (TPSA) is 330 Å². The molecule has 0 amide bonds. The molecule has 0 aliphatic heterocycles. The van der Waals surface area contributed by atoms with Gasteiger partial charge in [-0.25, -0.2) is 16.8 Å². The molecule has 0 saturated carbocycles. The Morgan fingerprint density at radius 1 is 0.543 bits per heavy atom. The Kier molecular flexibility index (Phi) is 18.8. The van der Waals surface area contributed by atoms with Crippen molar-refractivity contribution in [2.45, 2.75) is 24.5 Å². The van der Waals surface area contributed by atoms with Gasteiger partial charge in [0.05, 0.1) is 25.6 Å². The van der Waals surface area contributed by atoms with Gasteiger partial charge in [0.25, 0.3) is 30.4 Å². The van der Waals surface area contributed by atoms with Gasteiger partial charge >= 0.3 is 59.1 Å². The molecule has 246 valence electrons. The SMILES string of the molecule is Nc1c(S(=O)(=O)O)cc(Cl)cc1S(=O)(=O)O.Nc1ccc(Cl)cc1S(=O)(=O)O.O=S(=O)([O-])c1cc(Cl)cc(S(=O)(=O)[O-])c1Br.[Na+].[Na+]. The van der Waals surface area contributed by atoms with Gasteiger partial charge in [-0.2, -0.15) is 25.3 Å². The Bertz CT molecular complexity index is 1950. The molecule has 0 radical (unpaired) electrons. The Labute approximate surface area is 330 Å². The molecule has 7 N–H and O–H groups in total. The standard InChI is InChI=1S/C6H4BrClO6S2.C6H6ClNO6S2.C6H6ClNO3S.2Na/c7-6-4(15(9,10)11)1-3(8)2-5(6)16(12,13)14;7-3-1-4(15(9,10)11)6(8)5(2-3)16(12,13)14;7-4-1-2-5(8)6(3-4)12(9,10)11;;/h1-2H,(H,9,10,11)(H,12,13,14);1-2H,8H2,(H,9,10,11)(H,12,13,14);1-3H,8H2,(H,9,10,11);;/q;;;2*+1/p-2. The van der Waals surface area contributed by atoms with Crippen LogP contribution in [0.3, 0.4) is 0 Å². The van der Waals surface area contributed by atoms with Crippen LogP contribution in [0.2, 0.25) is 15.1 Å². The number of halogens is 4. The summed E-state index contributed by atoms with van der Waals surface area (Å²) < 4.78 is 155. The second kappa shape index (κ2) is 17.9. The molecule has 0 bridgehead atoms. The van der Waals surface area contributed by atoms with Gasteiger partial charge in [-0.1, -0.05) is 34.8 Å². The van der Waals surface area contributed by atoms with E-state index in [4.69, 9.17) is 59.9 Å². The number of nitrogens with two attached hydrogens (primary N) is 2. The van der Waals surface area contributed by atoms with E-state index in [0.717, 1.165) is 30.3 Å². The molecule has 0 unspecified atom stereocenters. The number of anilines is 2. The summed E-state index contributed by atoms with van der Waals surface area (Å²) in [6.07, 6.45) is 0. The van der Waals surface area contributed by atoms with Gasteiger partial charge in [-0.05, 0) is 58.4 Å². The molecule has 28 heteroatoms. The molecule has 3 rings (SSSR count). The molecule has 3 aromatic rings. The van der Waals surface area contributed by atoms with Crippen molar-refractivity contribution in [1.82, 2.24) is 0 Å². The monoisotopic (exact) mass is 888 g/mol. The minimum atomic E-state index is -4.92. The van der Waals surface area contributed by atoms with Crippen molar-refractivity contribution in [2.24, 2.45) is 0 Å². The van der Waals surface area contributed by atoms with Crippen molar-refractivity contribution in [3.63, 3.8) is 0 Å². The summed E-state index contributed by atoms with van der Waals surface area (Å²) in [5.74, 6) is 0. The van der Waals surface area contributed by atoms with Crippen molar-refractivity contribution in [3.05, 3.63) is 62.0 Å². The first kappa shape index (κ1) is 48.3. The average molecular weight is 891 g/mol. The van der Waals surface area contributed by atoms with Crippen LogP contribution in [-0.2, 0) is 50.6 Å². The molecule has 46 heavy (non-hydrogen) atoms. The van der Waals surface area contributed by atoms with Gasteiger partial charge in [0.15, 0.2) is 0 Å². The molecule has 0 aromatic heterocycles. The van der Waals surface area contributed by atoms with E-state index in [-0.39, 0.29) is 84.8 Å². The van der Waals surface area contributed by atoms with Crippen LogP contribution in [0.1, 0.15) is 0 Å². The number of nitrogen functional groups attached to an aromatic ring is 2. The quantitative estimate of drug-likeness (QED) is 0.0943. The average Bonchev–Trinajstić information content (AvgIpc) is 2.80. The molecule has 0 fully saturated rings. The predicted molar refractivity (Wildman–Crippen MR) is 156 cm³/mol. The van der Waals surface area contributed by atoms with E-state index in [1.807, 2.05) is 0 Å². The van der Waals surface area contributed by atoms with E-state index in [1.54, 1.807) is 0 Å². The summed E-state index contributed by atoms with van der Waals surface area (Å²) >= 11 is 18.9. The third-order valence-corrected chi connectivity index (χ3v) is 10.9. The zero-order valence-electron chi connectivity index (χ0n) is 22.5. The molecule has 0 aliphatic rings. The zero-order chi connectivity index (χ0) is 34.8. The fourth-order valence-corrected chi connectivity index (χ4v) is 8.28. The fraction of sp³-hybridized carbons (Fsp3) is 0. The van der Waals surface area contributed by atoms with Crippen LogP contribution in [0.15, 0.2) is 71.4 Å². The summed E-state index contributed by atoms with van der Waals surface area (Å²) in [6.45, 7) is 0. The Morgan fingerprint density at radius 3 is 1.09 bits per heavy atom. The summed E-state index contributed by atoms with van der Waals surface area (Å²) in [5.41, 5.74) is 9.64. The molecular weight excluding hydrogens is 877 g/mol. The summed E-state index contributed by atoms with van der Waals surface area (Å²) in [6, 6.07) is 6.87. The van der Waals surface area contributed by atoms with E-state index in [0.29, 0.717) is 0 Å². The minimum absolute atomic E-state index is 0. The molecule has 0 saturated heterocycles. The zero-order valence-corrected chi connectivity index (χ0v) is 34.4. The van der Waals surface area contributed by atoms with E-state index in [9.17, 15) is 51.2 Å². The van der Waals surface area contributed by atoms with Gasteiger partial charge in [0.2, 0.25) is 0 Å². The van der Waals surface area contributed by atoms with Gasteiger partial charge in [-0.15, -0.1) is 0 Å². The van der Waals surface area contributed by atoms with E-state index in [1.165, 1.54) is 12.1 Å². The molecule has 3 aromatic carbocycles. The van der Waals surface area contributed by atoms with Crippen molar-refractivity contribution in [1.29, 1.82) is 0 Å². The third kappa shape index (κ3) is 14.6. The first-order valence-electron chi connectivity index (χ1n) is 9.95. The van der Waals surface area contributed by atoms with E-state index >= 15 is 0 Å². The maximum Gasteiger partial charge on any atom is 1.00 e. The van der Waals surface area contributed by atoms with Crippen molar-refractivity contribution >= 4 is 113 Å². The molecule has 0 aliphatic carbocycles.